The van der Waals surface area contributed by atoms with Crippen LogP contribution in [0.3, 0.4) is 0 Å². The molecule has 1 aromatic carbocycles. The molecule has 0 radical (unpaired) electrons. The van der Waals surface area contributed by atoms with Crippen LogP contribution >= 0.6 is 11.6 Å². The van der Waals surface area contributed by atoms with Gasteiger partial charge in [-0.3, -0.25) is 0 Å². The van der Waals surface area contributed by atoms with Gasteiger partial charge in [-0.05, 0) is 69.6 Å². The Kier molecular flexibility index (Phi) is 5.96. The summed E-state index contributed by atoms with van der Waals surface area (Å²) in [6.07, 6.45) is 7.77. The number of ether oxygens (including phenoxy) is 1. The van der Waals surface area contributed by atoms with Crippen molar-refractivity contribution in [2.24, 2.45) is 0 Å². The van der Waals surface area contributed by atoms with Crippen molar-refractivity contribution in [2.45, 2.75) is 76.2 Å². The van der Waals surface area contributed by atoms with Crippen LogP contribution in [0.4, 0.5) is 10.3 Å². The number of hydrogen-bond acceptors (Lipinski definition) is 5. The summed E-state index contributed by atoms with van der Waals surface area (Å²) in [6.45, 7) is 2.19. The topological polar surface area (TPSA) is 91.3 Å². The van der Waals surface area contributed by atoms with Gasteiger partial charge in [0.2, 0.25) is 5.95 Å². The zero-order valence-corrected chi connectivity index (χ0v) is 20.8. The van der Waals surface area contributed by atoms with Crippen LogP contribution in [-0.2, 0) is 11.3 Å². The molecule has 3 fully saturated rings. The van der Waals surface area contributed by atoms with E-state index in [9.17, 15) is 14.3 Å². The van der Waals surface area contributed by atoms with Gasteiger partial charge in [0.05, 0.1) is 17.7 Å². The fourth-order valence-corrected chi connectivity index (χ4v) is 6.17. The number of carboxylic acid groups (broad SMARTS) is 1. The number of H-pyrrole nitrogens is 1. The van der Waals surface area contributed by atoms with Crippen molar-refractivity contribution in [3.8, 4) is 11.1 Å². The number of benzene rings is 1. The lowest BCUT2D eigenvalue weighted by Gasteiger charge is -2.39. The van der Waals surface area contributed by atoms with Crippen molar-refractivity contribution < 1.29 is 19.0 Å². The minimum Gasteiger partial charge on any atom is -0.477 e. The van der Waals surface area contributed by atoms with Crippen LogP contribution < -0.4 is 4.90 Å². The van der Waals surface area contributed by atoms with Crippen molar-refractivity contribution in [1.82, 2.24) is 15.0 Å². The van der Waals surface area contributed by atoms with Crippen LogP contribution in [0.1, 0.15) is 71.9 Å². The second kappa shape index (κ2) is 9.16. The number of halogens is 2. The number of carbonyl (C=O) groups is 1. The zero-order valence-electron chi connectivity index (χ0n) is 20.0. The van der Waals surface area contributed by atoms with E-state index in [1.165, 1.54) is 12.1 Å². The average molecular weight is 511 g/mol. The number of aromatic amines is 1. The maximum Gasteiger partial charge on any atom is 0.354 e. The SMILES string of the molecule is Cc1cc(C(=O)O)nc(N2C3CCC2CC(OCc2c(-c4c(F)cccc4Cl)c[nH]c2C2CC2)C3)n1. The predicted molar refractivity (Wildman–Crippen MR) is 134 cm³/mol. The highest BCUT2D eigenvalue weighted by Crippen LogP contribution is 2.46. The minimum atomic E-state index is -1.05. The van der Waals surface area contributed by atoms with Crippen molar-refractivity contribution in [2.75, 3.05) is 4.90 Å². The molecule has 3 aromatic rings. The molecule has 36 heavy (non-hydrogen) atoms. The third kappa shape index (κ3) is 4.26. The van der Waals surface area contributed by atoms with E-state index in [0.29, 0.717) is 34.8 Å². The van der Waals surface area contributed by atoms with Gasteiger partial charge in [0.15, 0.2) is 5.69 Å². The van der Waals surface area contributed by atoms with Crippen LogP contribution in [0.25, 0.3) is 11.1 Å². The van der Waals surface area contributed by atoms with Gasteiger partial charge in [0.1, 0.15) is 5.82 Å². The first-order chi connectivity index (χ1) is 17.4. The molecule has 2 aliphatic heterocycles. The summed E-state index contributed by atoms with van der Waals surface area (Å²) in [5, 5.41) is 9.82. The van der Waals surface area contributed by atoms with E-state index in [0.717, 1.165) is 55.3 Å². The van der Waals surface area contributed by atoms with E-state index in [4.69, 9.17) is 16.3 Å². The van der Waals surface area contributed by atoms with Gasteiger partial charge in [-0.1, -0.05) is 17.7 Å². The van der Waals surface area contributed by atoms with Crippen molar-refractivity contribution in [3.63, 3.8) is 0 Å². The summed E-state index contributed by atoms with van der Waals surface area (Å²) >= 11 is 6.40. The fourth-order valence-electron chi connectivity index (χ4n) is 5.91. The lowest BCUT2D eigenvalue weighted by atomic mass is 9.99. The number of aromatic nitrogens is 3. The Labute approximate surface area is 213 Å². The molecule has 2 saturated heterocycles. The first-order valence-corrected chi connectivity index (χ1v) is 12.9. The minimum absolute atomic E-state index is 0.0228. The highest BCUT2D eigenvalue weighted by atomic mass is 35.5. The molecule has 1 aliphatic carbocycles. The Morgan fingerprint density at radius 3 is 2.64 bits per heavy atom. The number of fused-ring (bicyclic) bond motifs is 2. The smallest absolute Gasteiger partial charge is 0.354 e. The van der Waals surface area contributed by atoms with E-state index in [2.05, 4.69) is 19.9 Å². The maximum atomic E-state index is 14.8. The Hall–Kier alpha value is -2.97. The van der Waals surface area contributed by atoms with Gasteiger partial charge in [0, 0.05) is 46.4 Å². The number of piperidine rings is 1. The number of carboxylic acids is 1. The normalized spacial score (nSPS) is 23.3. The molecule has 1 saturated carbocycles. The van der Waals surface area contributed by atoms with Gasteiger partial charge in [-0.15, -0.1) is 0 Å². The number of rotatable bonds is 7. The average Bonchev–Trinajstić information content (AvgIpc) is 3.54. The van der Waals surface area contributed by atoms with Crippen molar-refractivity contribution in [3.05, 3.63) is 63.9 Å². The molecule has 188 valence electrons. The first-order valence-electron chi connectivity index (χ1n) is 12.5. The third-order valence-corrected chi connectivity index (χ3v) is 8.00. The second-order valence-corrected chi connectivity index (χ2v) is 10.6. The highest BCUT2D eigenvalue weighted by Gasteiger charge is 2.43. The van der Waals surface area contributed by atoms with Gasteiger partial charge in [-0.25, -0.2) is 19.2 Å². The summed E-state index contributed by atoms with van der Waals surface area (Å²) in [4.78, 5) is 26.0. The molecule has 2 unspecified atom stereocenters. The van der Waals surface area contributed by atoms with Gasteiger partial charge < -0.3 is 19.7 Å². The van der Waals surface area contributed by atoms with Crippen LogP contribution in [0.5, 0.6) is 0 Å². The summed E-state index contributed by atoms with van der Waals surface area (Å²) in [5.74, 6) is -0.425. The largest absolute Gasteiger partial charge is 0.477 e. The molecule has 7 nitrogen and oxygen atoms in total. The van der Waals surface area contributed by atoms with E-state index in [1.54, 1.807) is 19.1 Å². The van der Waals surface area contributed by atoms with Gasteiger partial charge in [-0.2, -0.15) is 0 Å². The summed E-state index contributed by atoms with van der Waals surface area (Å²) < 4.78 is 21.3. The van der Waals surface area contributed by atoms with E-state index in [-0.39, 0.29) is 29.7 Å². The van der Waals surface area contributed by atoms with Crippen molar-refractivity contribution >= 4 is 23.5 Å². The zero-order chi connectivity index (χ0) is 25.0. The Morgan fingerprint density at radius 1 is 1.22 bits per heavy atom. The summed E-state index contributed by atoms with van der Waals surface area (Å²) in [7, 11) is 0. The molecule has 3 aliphatic rings. The molecule has 6 rings (SSSR count). The van der Waals surface area contributed by atoms with Gasteiger partial charge in [0.25, 0.3) is 0 Å². The van der Waals surface area contributed by atoms with Crippen LogP contribution in [0, 0.1) is 12.7 Å². The number of aromatic carboxylic acids is 1. The van der Waals surface area contributed by atoms with Crippen molar-refractivity contribution in [1.29, 1.82) is 0 Å². The van der Waals surface area contributed by atoms with Crippen LogP contribution in [-0.4, -0.2) is 44.2 Å². The Balaban J connectivity index is 1.21. The Bertz CT molecular complexity index is 1290. The molecular formula is C27H28ClFN4O3. The molecule has 9 heteroatoms. The number of nitrogens with zero attached hydrogens (tertiary/aromatic N) is 3. The predicted octanol–water partition coefficient (Wildman–Crippen LogP) is 5.86. The molecule has 2 aromatic heterocycles. The van der Waals surface area contributed by atoms with Crippen LogP contribution in [0.15, 0.2) is 30.5 Å². The molecule has 2 bridgehead atoms. The third-order valence-electron chi connectivity index (χ3n) is 7.69. The maximum absolute atomic E-state index is 14.8. The molecule has 2 atom stereocenters. The summed E-state index contributed by atoms with van der Waals surface area (Å²) in [6, 6.07) is 6.67. The lowest BCUT2D eigenvalue weighted by Crippen LogP contribution is -2.46. The fraction of sp³-hybridized carbons (Fsp3) is 0.444. The van der Waals surface area contributed by atoms with E-state index >= 15 is 0 Å². The number of hydrogen-bond donors (Lipinski definition) is 2. The van der Waals surface area contributed by atoms with E-state index in [1.807, 2.05) is 6.20 Å². The first kappa shape index (κ1) is 23.4. The monoisotopic (exact) mass is 510 g/mol. The lowest BCUT2D eigenvalue weighted by molar-refractivity contribution is 0.0148. The molecule has 0 spiro atoms. The van der Waals surface area contributed by atoms with Gasteiger partial charge >= 0.3 is 5.97 Å². The van der Waals surface area contributed by atoms with Crippen LogP contribution in [0.2, 0.25) is 5.02 Å². The van der Waals surface area contributed by atoms with E-state index < -0.39 is 5.97 Å². The number of nitrogens with one attached hydrogen (secondary N) is 1. The molecule has 0 amide bonds. The molecule has 2 N–H and O–H groups in total. The quantitative estimate of drug-likeness (QED) is 0.413. The molecule has 4 heterocycles. The standard InChI is InChI=1S/C27H28ClFN4O3/c1-14-9-23(26(34)35)32-27(31-14)33-16-7-8-17(33)11-18(10-16)36-13-20-19(12-30-25(20)15-5-6-15)24-21(28)3-2-4-22(24)29/h2-4,9,12,15-18,30H,5-8,10-11,13H2,1H3,(H,34,35). The molecular weight excluding hydrogens is 483 g/mol. The number of anilines is 1. The number of aryl methyl sites for hydroxylation is 1. The highest BCUT2D eigenvalue weighted by molar-refractivity contribution is 6.33. The second-order valence-electron chi connectivity index (χ2n) is 10.2. The Morgan fingerprint density at radius 2 is 1.97 bits per heavy atom. The summed E-state index contributed by atoms with van der Waals surface area (Å²) in [5.41, 5.74) is 3.98.